The number of hydrogen-bond donors (Lipinski definition) is 2. The van der Waals surface area contributed by atoms with Gasteiger partial charge >= 0.3 is 0 Å². The lowest BCUT2D eigenvalue weighted by atomic mass is 10.0. The molecule has 2 rings (SSSR count). The van der Waals surface area contributed by atoms with Crippen molar-refractivity contribution >= 4 is 28.5 Å². The molecule has 1 heterocycles. The predicted octanol–water partition coefficient (Wildman–Crippen LogP) is 4.08. The van der Waals surface area contributed by atoms with Crippen molar-refractivity contribution in [1.82, 2.24) is 4.98 Å². The summed E-state index contributed by atoms with van der Waals surface area (Å²) in [7, 11) is 1.49. The van der Waals surface area contributed by atoms with Crippen LogP contribution in [0.15, 0.2) is 41.5 Å². The van der Waals surface area contributed by atoms with Gasteiger partial charge in [0.1, 0.15) is 23.5 Å². The van der Waals surface area contributed by atoms with Crippen LogP contribution < -0.4 is 11.1 Å². The van der Waals surface area contributed by atoms with E-state index in [2.05, 4.69) is 15.3 Å². The number of aliphatic imine (C=N–C) groups is 1. The molecule has 9 heteroatoms. The number of nitrogens with two attached hydrogens (primary N) is 1. The number of amidine groups is 1. The monoisotopic (exact) mass is 396 g/mol. The maximum atomic E-state index is 14.9. The Bertz CT molecular complexity index is 830. The van der Waals surface area contributed by atoms with Crippen LogP contribution in [0.25, 0.3) is 0 Å². The van der Waals surface area contributed by atoms with Gasteiger partial charge in [-0.2, -0.15) is 0 Å². The fourth-order valence-corrected chi connectivity index (χ4v) is 3.14. The number of rotatable bonds is 6. The third-order valence-electron chi connectivity index (χ3n) is 3.73. The van der Waals surface area contributed by atoms with Crippen molar-refractivity contribution in [3.8, 4) is 0 Å². The standard InChI is InChI=1S/C18H19F3N4OS/c1-3-15(27-18(22)23-2)16(21)12-8-11(5-6-13(12)20)25-17(26)14-7-4-10(19)9-24-14/h4-9,15-16H,3H2,1-2H3,(H2,22,23)(H,25,26)/t15-,16-/m1/s1. The van der Waals surface area contributed by atoms with Gasteiger partial charge in [-0.05, 0) is 36.8 Å². The van der Waals surface area contributed by atoms with E-state index in [1.807, 2.05) is 0 Å². The maximum Gasteiger partial charge on any atom is 0.274 e. The minimum atomic E-state index is -1.65. The average Bonchev–Trinajstić information content (AvgIpc) is 2.67. The summed E-state index contributed by atoms with van der Waals surface area (Å²) in [5, 5.41) is 2.07. The number of carbonyl (C=O) groups is 1. The fraction of sp³-hybridized carbons (Fsp3) is 0.278. The highest BCUT2D eigenvalue weighted by Gasteiger charge is 2.26. The van der Waals surface area contributed by atoms with E-state index >= 15 is 0 Å². The number of hydrogen-bond acceptors (Lipinski definition) is 4. The molecule has 144 valence electrons. The summed E-state index contributed by atoms with van der Waals surface area (Å²) >= 11 is 1.03. The molecule has 1 aromatic carbocycles. The number of nitrogens with zero attached hydrogens (tertiary/aromatic N) is 2. The highest BCUT2D eigenvalue weighted by molar-refractivity contribution is 8.14. The summed E-state index contributed by atoms with van der Waals surface area (Å²) in [4.78, 5) is 19.6. The van der Waals surface area contributed by atoms with Crippen molar-refractivity contribution in [3.05, 3.63) is 59.4 Å². The van der Waals surface area contributed by atoms with Gasteiger partial charge in [-0.15, -0.1) is 0 Å². The zero-order valence-electron chi connectivity index (χ0n) is 14.7. The smallest absolute Gasteiger partial charge is 0.274 e. The molecule has 1 amide bonds. The number of nitrogens with one attached hydrogen (secondary N) is 1. The molecule has 5 nitrogen and oxygen atoms in total. The van der Waals surface area contributed by atoms with Crippen LogP contribution in [0.5, 0.6) is 0 Å². The fourth-order valence-electron chi connectivity index (χ4n) is 2.30. The molecule has 3 N–H and O–H groups in total. The number of carbonyl (C=O) groups excluding carboxylic acids is 1. The lowest BCUT2D eigenvalue weighted by molar-refractivity contribution is 0.102. The first kappa shape index (κ1) is 20.8. The normalized spacial score (nSPS) is 13.9. The lowest BCUT2D eigenvalue weighted by Gasteiger charge is -2.20. The van der Waals surface area contributed by atoms with Crippen molar-refractivity contribution in [3.63, 3.8) is 0 Å². The van der Waals surface area contributed by atoms with Crippen LogP contribution in [-0.2, 0) is 0 Å². The van der Waals surface area contributed by atoms with Gasteiger partial charge in [0.25, 0.3) is 5.91 Å². The van der Waals surface area contributed by atoms with Gasteiger partial charge in [0.15, 0.2) is 5.17 Å². The number of alkyl halides is 1. The zero-order chi connectivity index (χ0) is 20.0. The Morgan fingerprint density at radius 3 is 2.67 bits per heavy atom. The lowest BCUT2D eigenvalue weighted by Crippen LogP contribution is -2.19. The number of aromatic nitrogens is 1. The second kappa shape index (κ2) is 9.40. The minimum absolute atomic E-state index is 0.0204. The third kappa shape index (κ3) is 5.46. The van der Waals surface area contributed by atoms with Gasteiger partial charge in [0.05, 0.1) is 6.20 Å². The number of amides is 1. The molecule has 0 radical (unpaired) electrons. The minimum Gasteiger partial charge on any atom is -0.379 e. The summed E-state index contributed by atoms with van der Waals surface area (Å²) < 4.78 is 42.0. The van der Waals surface area contributed by atoms with Gasteiger partial charge < -0.3 is 11.1 Å². The summed E-state index contributed by atoms with van der Waals surface area (Å²) in [5.41, 5.74) is 5.62. The summed E-state index contributed by atoms with van der Waals surface area (Å²) in [6.07, 6.45) is -0.343. The van der Waals surface area contributed by atoms with Crippen LogP contribution >= 0.6 is 11.8 Å². The van der Waals surface area contributed by atoms with Gasteiger partial charge in [-0.3, -0.25) is 9.79 Å². The van der Waals surface area contributed by atoms with Crippen LogP contribution in [0.3, 0.4) is 0 Å². The first-order valence-corrected chi connectivity index (χ1v) is 8.99. The molecule has 0 aliphatic carbocycles. The highest BCUT2D eigenvalue weighted by Crippen LogP contribution is 2.35. The van der Waals surface area contributed by atoms with E-state index in [1.54, 1.807) is 6.92 Å². The number of thioether (sulfide) groups is 1. The molecule has 2 aromatic rings. The topological polar surface area (TPSA) is 80.4 Å². The van der Waals surface area contributed by atoms with E-state index in [0.717, 1.165) is 30.1 Å². The molecule has 0 saturated heterocycles. The van der Waals surface area contributed by atoms with E-state index in [-0.39, 0.29) is 22.1 Å². The molecule has 27 heavy (non-hydrogen) atoms. The Labute approximate surface area is 159 Å². The molecule has 0 bridgehead atoms. The molecule has 1 aromatic heterocycles. The van der Waals surface area contributed by atoms with E-state index in [9.17, 15) is 18.0 Å². The van der Waals surface area contributed by atoms with Gasteiger partial charge in [-0.1, -0.05) is 18.7 Å². The van der Waals surface area contributed by atoms with Crippen LogP contribution in [0, 0.1) is 11.6 Å². The molecule has 2 atom stereocenters. The van der Waals surface area contributed by atoms with Gasteiger partial charge in [-0.25, -0.2) is 18.2 Å². The first-order valence-electron chi connectivity index (χ1n) is 8.11. The number of halogens is 3. The van der Waals surface area contributed by atoms with E-state index in [1.165, 1.54) is 25.2 Å². The Kier molecular flexibility index (Phi) is 7.23. The molecule has 0 saturated carbocycles. The van der Waals surface area contributed by atoms with Gasteiger partial charge in [0, 0.05) is 23.5 Å². The van der Waals surface area contributed by atoms with Crippen LogP contribution in [-0.4, -0.2) is 28.4 Å². The SMILES string of the molecule is CC[C@@H](S/C(N)=N\C)[C@H](F)c1cc(NC(=O)c2ccc(F)cn2)ccc1F. The molecule has 0 unspecified atom stereocenters. The van der Waals surface area contributed by atoms with Crippen molar-refractivity contribution in [1.29, 1.82) is 0 Å². The summed E-state index contributed by atoms with van der Waals surface area (Å²) in [6.45, 7) is 1.76. The third-order valence-corrected chi connectivity index (χ3v) is 5.03. The molecule has 0 aliphatic rings. The number of anilines is 1. The molecular weight excluding hydrogens is 377 g/mol. The van der Waals surface area contributed by atoms with E-state index < -0.39 is 29.0 Å². The molecule has 0 fully saturated rings. The van der Waals surface area contributed by atoms with E-state index in [0.29, 0.717) is 6.42 Å². The van der Waals surface area contributed by atoms with Crippen molar-refractivity contribution < 1.29 is 18.0 Å². The van der Waals surface area contributed by atoms with Gasteiger partial charge in [0.2, 0.25) is 0 Å². The summed E-state index contributed by atoms with van der Waals surface area (Å²) in [6, 6.07) is 5.92. The average molecular weight is 396 g/mol. The highest BCUT2D eigenvalue weighted by atomic mass is 32.2. The van der Waals surface area contributed by atoms with E-state index in [4.69, 9.17) is 5.73 Å². The molecule has 0 spiro atoms. The Balaban J connectivity index is 2.21. The van der Waals surface area contributed by atoms with Crippen molar-refractivity contribution in [2.24, 2.45) is 10.7 Å². The summed E-state index contributed by atoms with van der Waals surface area (Å²) in [5.74, 6) is -1.92. The van der Waals surface area contributed by atoms with Crippen molar-refractivity contribution in [2.75, 3.05) is 12.4 Å². The predicted molar refractivity (Wildman–Crippen MR) is 102 cm³/mol. The largest absolute Gasteiger partial charge is 0.379 e. The second-order valence-electron chi connectivity index (χ2n) is 5.58. The Morgan fingerprint density at radius 1 is 1.33 bits per heavy atom. The second-order valence-corrected chi connectivity index (χ2v) is 6.84. The van der Waals surface area contributed by atoms with Crippen LogP contribution in [0.1, 0.15) is 35.6 Å². The molecular formula is C18H19F3N4OS. The maximum absolute atomic E-state index is 14.9. The van der Waals surface area contributed by atoms with Crippen LogP contribution in [0.2, 0.25) is 0 Å². The van der Waals surface area contributed by atoms with Crippen molar-refractivity contribution in [2.45, 2.75) is 24.8 Å². The Hall–Kier alpha value is -2.55. The first-order chi connectivity index (χ1) is 12.8. The van der Waals surface area contributed by atoms with Crippen LogP contribution in [0.4, 0.5) is 18.9 Å². The molecule has 0 aliphatic heterocycles. The number of pyridine rings is 1. The number of benzene rings is 1. The zero-order valence-corrected chi connectivity index (χ0v) is 15.6. The Morgan fingerprint density at radius 2 is 2.07 bits per heavy atom. The quantitative estimate of drug-likeness (QED) is 0.570.